The van der Waals surface area contributed by atoms with E-state index in [1.54, 1.807) is 0 Å². The lowest BCUT2D eigenvalue weighted by atomic mass is 10.3. The number of nitro groups is 2. The molecule has 9 heteroatoms. The van der Waals surface area contributed by atoms with Crippen molar-refractivity contribution in [3.63, 3.8) is 0 Å². The Hall–Kier alpha value is -1.83. The molecule has 1 saturated heterocycles. The zero-order chi connectivity index (χ0) is 12.1. The van der Waals surface area contributed by atoms with E-state index in [1.807, 2.05) is 0 Å². The van der Waals surface area contributed by atoms with Crippen LogP contribution in [0.2, 0.25) is 0 Å². The number of nitrogens with zero attached hydrogens (tertiary/aromatic N) is 2. The van der Waals surface area contributed by atoms with Gasteiger partial charge in [-0.3, -0.25) is 20.2 Å². The molecule has 1 aliphatic heterocycles. The summed E-state index contributed by atoms with van der Waals surface area (Å²) in [6.07, 6.45) is 1.53. The summed E-state index contributed by atoms with van der Waals surface area (Å²) in [6.45, 7) is 1.15. The minimum atomic E-state index is -0.894. The lowest BCUT2D eigenvalue weighted by Gasteiger charge is -2.17. The van der Waals surface area contributed by atoms with Gasteiger partial charge in [-0.15, -0.1) is 0 Å². The van der Waals surface area contributed by atoms with Gasteiger partial charge < -0.3 is 10.6 Å². The number of rotatable bonds is 3. The Morgan fingerprint density at radius 2 is 1.81 bits per heavy atom. The van der Waals surface area contributed by atoms with Gasteiger partial charge in [0.2, 0.25) is 0 Å². The van der Waals surface area contributed by atoms with Crippen LogP contribution in [-0.2, 0) is 0 Å². The van der Waals surface area contributed by atoms with E-state index < -0.39 is 20.7 Å². The van der Waals surface area contributed by atoms with Crippen LogP contribution in [0.1, 0.15) is 6.42 Å². The Balaban J connectivity index is 3.03. The van der Waals surface area contributed by atoms with E-state index in [0.29, 0.717) is 19.2 Å². The summed E-state index contributed by atoms with van der Waals surface area (Å²) in [6, 6.07) is 0. The normalized spacial score (nSPS) is 16.1. The second-order valence-electron chi connectivity index (χ2n) is 2.95. The number of halogens is 1. The highest BCUT2D eigenvalue weighted by Gasteiger charge is 2.22. The molecule has 0 radical (unpaired) electrons. The molecule has 0 unspecified atom stereocenters. The standard InChI is InChI=1S/C7H9ClN4O4/c8-6(12(15)16)4-5(11(13)14)7-9-2-1-3-10-7/h4,9-10H,1-3H2/b6-4+. The molecule has 0 aromatic rings. The van der Waals surface area contributed by atoms with Crippen molar-refractivity contribution < 1.29 is 9.85 Å². The smallest absolute Gasteiger partial charge is 0.344 e. The van der Waals surface area contributed by atoms with E-state index >= 15 is 0 Å². The Morgan fingerprint density at radius 1 is 1.25 bits per heavy atom. The summed E-state index contributed by atoms with van der Waals surface area (Å²) >= 11 is 5.24. The lowest BCUT2D eigenvalue weighted by molar-refractivity contribution is -0.428. The van der Waals surface area contributed by atoms with Crippen LogP contribution in [0.5, 0.6) is 0 Å². The van der Waals surface area contributed by atoms with Gasteiger partial charge in [0, 0.05) is 13.1 Å². The van der Waals surface area contributed by atoms with Gasteiger partial charge in [0.15, 0.2) is 5.82 Å². The number of allylic oxidation sites excluding steroid dienone is 1. The third-order valence-electron chi connectivity index (χ3n) is 1.84. The molecule has 0 aromatic heterocycles. The fourth-order valence-corrected chi connectivity index (χ4v) is 1.24. The Bertz CT molecular complexity index is 371. The summed E-state index contributed by atoms with van der Waals surface area (Å²) in [4.78, 5) is 19.3. The molecule has 1 aliphatic rings. The van der Waals surface area contributed by atoms with Crippen molar-refractivity contribution in [3.8, 4) is 0 Å². The quantitative estimate of drug-likeness (QED) is 0.424. The highest BCUT2D eigenvalue weighted by Crippen LogP contribution is 2.11. The first kappa shape index (κ1) is 12.2. The summed E-state index contributed by atoms with van der Waals surface area (Å²) in [5, 5.41) is 25.7. The minimum absolute atomic E-state index is 0.149. The van der Waals surface area contributed by atoms with Gasteiger partial charge in [-0.1, -0.05) is 0 Å². The molecule has 8 nitrogen and oxygen atoms in total. The largest absolute Gasteiger partial charge is 0.366 e. The van der Waals surface area contributed by atoms with Crippen molar-refractivity contribution in [3.05, 3.63) is 43.0 Å². The highest BCUT2D eigenvalue weighted by molar-refractivity contribution is 6.28. The number of hydrogen-bond acceptors (Lipinski definition) is 6. The molecule has 0 saturated carbocycles. The summed E-state index contributed by atoms with van der Waals surface area (Å²) < 4.78 is 0. The van der Waals surface area contributed by atoms with E-state index in [0.717, 1.165) is 6.42 Å². The zero-order valence-electron chi connectivity index (χ0n) is 8.10. The fraction of sp³-hybridized carbons (Fsp3) is 0.429. The predicted octanol–water partition coefficient (Wildman–Crippen LogP) is 0.372. The maximum Gasteiger partial charge on any atom is 0.344 e. The summed E-state index contributed by atoms with van der Waals surface area (Å²) in [7, 11) is 0. The minimum Gasteiger partial charge on any atom is -0.366 e. The van der Waals surface area contributed by atoms with Gasteiger partial charge in [-0.2, -0.15) is 0 Å². The molecular formula is C7H9ClN4O4. The highest BCUT2D eigenvalue weighted by atomic mass is 35.5. The van der Waals surface area contributed by atoms with Crippen LogP contribution in [0.25, 0.3) is 0 Å². The second kappa shape index (κ2) is 5.31. The molecular weight excluding hydrogens is 240 g/mol. The van der Waals surface area contributed by atoms with Crippen LogP contribution in [0.4, 0.5) is 0 Å². The first-order valence-corrected chi connectivity index (χ1v) is 4.78. The van der Waals surface area contributed by atoms with Crippen LogP contribution in [0.15, 0.2) is 22.8 Å². The maximum absolute atomic E-state index is 10.7. The monoisotopic (exact) mass is 248 g/mol. The number of nitrogens with one attached hydrogen (secondary N) is 2. The van der Waals surface area contributed by atoms with Gasteiger partial charge in [-0.05, 0) is 18.0 Å². The molecule has 1 fully saturated rings. The zero-order valence-corrected chi connectivity index (χ0v) is 8.86. The van der Waals surface area contributed by atoms with Crippen molar-refractivity contribution in [2.75, 3.05) is 13.1 Å². The molecule has 0 bridgehead atoms. The average Bonchev–Trinajstić information content (AvgIpc) is 2.26. The van der Waals surface area contributed by atoms with E-state index in [1.165, 1.54) is 0 Å². The molecule has 0 aliphatic carbocycles. The molecule has 1 rings (SSSR count). The Kier molecular flexibility index (Phi) is 4.06. The lowest BCUT2D eigenvalue weighted by Crippen LogP contribution is -2.37. The van der Waals surface area contributed by atoms with Gasteiger partial charge >= 0.3 is 10.9 Å². The first-order chi connectivity index (χ1) is 7.52. The number of hydrogen-bond donors (Lipinski definition) is 2. The molecule has 88 valence electrons. The van der Waals surface area contributed by atoms with Crippen LogP contribution in [-0.4, -0.2) is 22.9 Å². The second-order valence-corrected chi connectivity index (χ2v) is 3.34. The van der Waals surface area contributed by atoms with E-state index in [9.17, 15) is 20.2 Å². The first-order valence-electron chi connectivity index (χ1n) is 4.40. The van der Waals surface area contributed by atoms with Crippen LogP contribution < -0.4 is 10.6 Å². The van der Waals surface area contributed by atoms with Crippen molar-refractivity contribution in [1.82, 2.24) is 10.6 Å². The molecule has 0 aromatic carbocycles. The average molecular weight is 249 g/mol. The third-order valence-corrected chi connectivity index (χ3v) is 2.09. The Morgan fingerprint density at radius 3 is 2.25 bits per heavy atom. The molecule has 0 spiro atoms. The van der Waals surface area contributed by atoms with Crippen molar-refractivity contribution >= 4 is 11.6 Å². The SMILES string of the molecule is O=[N+]([O-])C(/C=C(\Cl)[N+](=O)[O-])=C1NCCCN1. The van der Waals surface area contributed by atoms with Crippen molar-refractivity contribution in [2.24, 2.45) is 0 Å². The van der Waals surface area contributed by atoms with E-state index in [-0.39, 0.29) is 5.82 Å². The van der Waals surface area contributed by atoms with E-state index in [4.69, 9.17) is 11.6 Å². The van der Waals surface area contributed by atoms with Gasteiger partial charge in [0.05, 0.1) is 9.85 Å². The maximum atomic E-state index is 10.7. The van der Waals surface area contributed by atoms with Crippen LogP contribution >= 0.6 is 11.6 Å². The van der Waals surface area contributed by atoms with Crippen LogP contribution in [0.3, 0.4) is 0 Å². The molecule has 2 N–H and O–H groups in total. The van der Waals surface area contributed by atoms with Gasteiger partial charge in [0.1, 0.15) is 6.08 Å². The summed E-state index contributed by atoms with van der Waals surface area (Å²) in [5.41, 5.74) is -0.443. The molecule has 0 atom stereocenters. The predicted molar refractivity (Wildman–Crippen MR) is 55.6 cm³/mol. The van der Waals surface area contributed by atoms with E-state index in [2.05, 4.69) is 10.6 Å². The Labute approximate surface area is 95.3 Å². The van der Waals surface area contributed by atoms with Crippen molar-refractivity contribution in [2.45, 2.75) is 6.42 Å². The van der Waals surface area contributed by atoms with Crippen molar-refractivity contribution in [1.29, 1.82) is 0 Å². The third kappa shape index (κ3) is 3.09. The van der Waals surface area contributed by atoms with Gasteiger partial charge in [-0.25, -0.2) is 0 Å². The van der Waals surface area contributed by atoms with Crippen LogP contribution in [0, 0.1) is 20.2 Å². The summed E-state index contributed by atoms with van der Waals surface area (Å²) in [5.74, 6) is 0.149. The van der Waals surface area contributed by atoms with Gasteiger partial charge in [0.25, 0.3) is 0 Å². The molecule has 0 amide bonds. The molecule has 1 heterocycles. The topological polar surface area (TPSA) is 110 Å². The fourth-order valence-electron chi connectivity index (χ4n) is 1.14. The molecule has 16 heavy (non-hydrogen) atoms.